The van der Waals surface area contributed by atoms with Gasteiger partial charge in [0.05, 0.1) is 0 Å². The lowest BCUT2D eigenvalue weighted by Gasteiger charge is -2.27. The minimum absolute atomic E-state index is 0.0174. The number of unbranched alkanes of at least 4 members (excludes halogenated alkanes) is 1. The molecule has 4 heteroatoms. The fourth-order valence-electron chi connectivity index (χ4n) is 4.21. The van der Waals surface area contributed by atoms with Crippen LogP contribution in [0.25, 0.3) is 0 Å². The number of rotatable bonds is 7. The van der Waals surface area contributed by atoms with Crippen molar-refractivity contribution in [3.8, 4) is 11.5 Å². The fourth-order valence-corrected chi connectivity index (χ4v) is 4.21. The second-order valence-corrected chi connectivity index (χ2v) is 8.10. The standard InChI is InChI=1S/C21H30O4/c1-4-5-10-21(2,3)14-11-17(24-13-19(22)23)20-15-8-6-7-9-16(15)25-18(20)12-14/h11-12,15-16H,4-10,13H2,1-3H3,(H,22,23). The summed E-state index contributed by atoms with van der Waals surface area (Å²) in [5.41, 5.74) is 2.29. The van der Waals surface area contributed by atoms with Crippen molar-refractivity contribution in [1.82, 2.24) is 0 Å². The zero-order chi connectivity index (χ0) is 18.0. The molecule has 1 fully saturated rings. The van der Waals surface area contributed by atoms with E-state index in [4.69, 9.17) is 14.6 Å². The van der Waals surface area contributed by atoms with Crippen molar-refractivity contribution in [3.63, 3.8) is 0 Å². The van der Waals surface area contributed by atoms with E-state index in [1.807, 2.05) is 0 Å². The lowest BCUT2D eigenvalue weighted by molar-refractivity contribution is -0.139. The molecular weight excluding hydrogens is 316 g/mol. The average Bonchev–Trinajstić information content (AvgIpc) is 2.96. The Bertz CT molecular complexity index is 635. The van der Waals surface area contributed by atoms with Crippen LogP contribution in [0, 0.1) is 0 Å². The van der Waals surface area contributed by atoms with Gasteiger partial charge in [-0.15, -0.1) is 0 Å². The first-order chi connectivity index (χ1) is 11.9. The summed E-state index contributed by atoms with van der Waals surface area (Å²) < 4.78 is 12.0. The normalized spacial score (nSPS) is 22.0. The minimum Gasteiger partial charge on any atom is -0.489 e. The lowest BCUT2D eigenvalue weighted by Crippen LogP contribution is -2.22. The van der Waals surface area contributed by atoms with Crippen LogP contribution < -0.4 is 9.47 Å². The molecule has 0 amide bonds. The average molecular weight is 346 g/mol. The summed E-state index contributed by atoms with van der Waals surface area (Å²) in [5, 5.41) is 9.04. The molecule has 0 aromatic heterocycles. The predicted molar refractivity (Wildman–Crippen MR) is 97.7 cm³/mol. The maximum absolute atomic E-state index is 11.0. The first-order valence-corrected chi connectivity index (χ1v) is 9.62. The maximum atomic E-state index is 11.0. The molecule has 1 aliphatic carbocycles. The Morgan fingerprint density at radius 2 is 2.08 bits per heavy atom. The van der Waals surface area contributed by atoms with Gasteiger partial charge >= 0.3 is 5.97 Å². The number of benzene rings is 1. The molecule has 0 radical (unpaired) electrons. The number of hydrogen-bond acceptors (Lipinski definition) is 3. The highest BCUT2D eigenvalue weighted by atomic mass is 16.5. The number of carboxylic acids is 1. The third-order valence-corrected chi connectivity index (χ3v) is 5.74. The first kappa shape index (κ1) is 18.1. The molecule has 3 rings (SSSR count). The molecule has 1 heterocycles. The quantitative estimate of drug-likeness (QED) is 0.752. The van der Waals surface area contributed by atoms with Gasteiger partial charge in [-0.1, -0.05) is 40.0 Å². The Kier molecular flexibility index (Phi) is 5.26. The van der Waals surface area contributed by atoms with Crippen LogP contribution >= 0.6 is 0 Å². The molecule has 1 N–H and O–H groups in total. The number of hydrogen-bond donors (Lipinski definition) is 1. The van der Waals surface area contributed by atoms with Crippen molar-refractivity contribution in [3.05, 3.63) is 23.3 Å². The van der Waals surface area contributed by atoms with Gasteiger partial charge in [0, 0.05) is 11.5 Å². The van der Waals surface area contributed by atoms with Crippen molar-refractivity contribution in [2.45, 2.75) is 83.2 Å². The largest absolute Gasteiger partial charge is 0.489 e. The van der Waals surface area contributed by atoms with Gasteiger partial charge < -0.3 is 14.6 Å². The van der Waals surface area contributed by atoms with Crippen molar-refractivity contribution in [1.29, 1.82) is 0 Å². The summed E-state index contributed by atoms with van der Waals surface area (Å²) in [4.78, 5) is 11.0. The van der Waals surface area contributed by atoms with Gasteiger partial charge in [0.15, 0.2) is 6.61 Å². The molecule has 1 saturated carbocycles. The SMILES string of the molecule is CCCCC(C)(C)c1cc(OCC(=O)O)c2c(c1)OC1CCCCC21. The molecule has 0 spiro atoms. The number of carbonyl (C=O) groups is 1. The summed E-state index contributed by atoms with van der Waals surface area (Å²) in [6.07, 6.45) is 8.23. The van der Waals surface area contributed by atoms with E-state index in [2.05, 4.69) is 32.9 Å². The van der Waals surface area contributed by atoms with Gasteiger partial charge in [-0.25, -0.2) is 4.79 Å². The molecule has 4 nitrogen and oxygen atoms in total. The third kappa shape index (κ3) is 3.78. The van der Waals surface area contributed by atoms with Crippen molar-refractivity contribution >= 4 is 5.97 Å². The van der Waals surface area contributed by atoms with Crippen LogP contribution in [0.5, 0.6) is 11.5 Å². The van der Waals surface area contributed by atoms with Crippen molar-refractivity contribution in [2.24, 2.45) is 0 Å². The minimum atomic E-state index is -0.941. The van der Waals surface area contributed by atoms with Crippen LogP contribution in [-0.4, -0.2) is 23.8 Å². The number of carboxylic acid groups (broad SMARTS) is 1. The van der Waals surface area contributed by atoms with E-state index < -0.39 is 5.97 Å². The Hall–Kier alpha value is -1.71. The third-order valence-electron chi connectivity index (χ3n) is 5.74. The molecule has 1 aromatic carbocycles. The maximum Gasteiger partial charge on any atom is 0.341 e. The summed E-state index contributed by atoms with van der Waals surface area (Å²) in [6.45, 7) is 6.39. The van der Waals surface area contributed by atoms with Gasteiger partial charge in [-0.3, -0.25) is 0 Å². The summed E-state index contributed by atoms with van der Waals surface area (Å²) >= 11 is 0. The monoisotopic (exact) mass is 346 g/mol. The Labute approximate surface area is 150 Å². The molecule has 25 heavy (non-hydrogen) atoms. The van der Waals surface area contributed by atoms with Gasteiger partial charge in [-0.05, 0) is 48.8 Å². The molecule has 2 aliphatic rings. The fraction of sp³-hybridized carbons (Fsp3) is 0.667. The Balaban J connectivity index is 1.97. The number of ether oxygens (including phenoxy) is 2. The molecule has 2 atom stereocenters. The van der Waals surface area contributed by atoms with Crippen LogP contribution in [0.15, 0.2) is 12.1 Å². The van der Waals surface area contributed by atoms with E-state index in [9.17, 15) is 4.79 Å². The molecule has 1 aliphatic heterocycles. The van der Waals surface area contributed by atoms with Crippen LogP contribution in [0.1, 0.15) is 82.8 Å². The van der Waals surface area contributed by atoms with Gasteiger partial charge in [-0.2, -0.15) is 0 Å². The van der Waals surface area contributed by atoms with Gasteiger partial charge in [0.2, 0.25) is 0 Å². The number of aliphatic carboxylic acids is 1. The first-order valence-electron chi connectivity index (χ1n) is 9.62. The number of fused-ring (bicyclic) bond motifs is 3. The van der Waals surface area contributed by atoms with Crippen LogP contribution in [-0.2, 0) is 10.2 Å². The van der Waals surface area contributed by atoms with Crippen LogP contribution in [0.2, 0.25) is 0 Å². The predicted octanol–water partition coefficient (Wildman–Crippen LogP) is 5.04. The second kappa shape index (κ2) is 7.27. The van der Waals surface area contributed by atoms with E-state index in [0.717, 1.165) is 37.0 Å². The molecule has 1 aromatic rings. The Morgan fingerprint density at radius 3 is 2.80 bits per heavy atom. The molecule has 138 valence electrons. The zero-order valence-corrected chi connectivity index (χ0v) is 15.6. The molecule has 0 bridgehead atoms. The second-order valence-electron chi connectivity index (χ2n) is 8.10. The van der Waals surface area contributed by atoms with Crippen molar-refractivity contribution < 1.29 is 19.4 Å². The summed E-state index contributed by atoms with van der Waals surface area (Å²) in [7, 11) is 0. The molecule has 0 saturated heterocycles. The summed E-state index contributed by atoms with van der Waals surface area (Å²) in [5.74, 6) is 1.04. The highest BCUT2D eigenvalue weighted by Gasteiger charge is 2.39. The highest BCUT2D eigenvalue weighted by Crippen LogP contribution is 2.51. The molecular formula is C21H30O4. The lowest BCUT2D eigenvalue weighted by atomic mass is 9.78. The smallest absolute Gasteiger partial charge is 0.341 e. The highest BCUT2D eigenvalue weighted by molar-refractivity contribution is 5.69. The topological polar surface area (TPSA) is 55.8 Å². The van der Waals surface area contributed by atoms with E-state index in [1.165, 1.54) is 24.8 Å². The van der Waals surface area contributed by atoms with E-state index in [0.29, 0.717) is 11.7 Å². The zero-order valence-electron chi connectivity index (χ0n) is 15.6. The van der Waals surface area contributed by atoms with Crippen LogP contribution in [0.3, 0.4) is 0 Å². The molecule has 2 unspecified atom stereocenters. The van der Waals surface area contributed by atoms with E-state index >= 15 is 0 Å². The van der Waals surface area contributed by atoms with Gasteiger partial charge in [0.1, 0.15) is 17.6 Å². The van der Waals surface area contributed by atoms with E-state index in [1.54, 1.807) is 0 Å². The van der Waals surface area contributed by atoms with Gasteiger partial charge in [0.25, 0.3) is 0 Å². The summed E-state index contributed by atoms with van der Waals surface area (Å²) in [6, 6.07) is 4.24. The Morgan fingerprint density at radius 1 is 1.32 bits per heavy atom. The van der Waals surface area contributed by atoms with E-state index in [-0.39, 0.29) is 18.1 Å². The van der Waals surface area contributed by atoms with Crippen molar-refractivity contribution in [2.75, 3.05) is 6.61 Å². The van der Waals surface area contributed by atoms with Crippen LogP contribution in [0.4, 0.5) is 0 Å².